The van der Waals surface area contributed by atoms with E-state index in [4.69, 9.17) is 17.3 Å². The molecule has 0 saturated carbocycles. The van der Waals surface area contributed by atoms with E-state index >= 15 is 0 Å². The number of hydrogen-bond acceptors (Lipinski definition) is 1. The summed E-state index contributed by atoms with van der Waals surface area (Å²) in [6, 6.07) is 0.965. The van der Waals surface area contributed by atoms with Crippen LogP contribution in [0.1, 0.15) is 10.4 Å². The molecule has 2 nitrogen and oxygen atoms in total. The van der Waals surface area contributed by atoms with Crippen LogP contribution in [0.3, 0.4) is 0 Å². The zero-order valence-electron chi connectivity index (χ0n) is 6.07. The third-order valence-electron chi connectivity index (χ3n) is 1.37. The van der Waals surface area contributed by atoms with Gasteiger partial charge in [0.15, 0.2) is 11.6 Å². The first-order valence-corrected chi connectivity index (χ1v) is 4.25. The van der Waals surface area contributed by atoms with Crippen molar-refractivity contribution in [1.29, 1.82) is 0 Å². The smallest absolute Gasteiger partial charge is 0.251 e. The van der Waals surface area contributed by atoms with Gasteiger partial charge >= 0.3 is 0 Å². The average Bonchev–Trinajstić information content (AvgIpc) is 2.07. The fraction of sp³-hybridized carbons (Fsp3) is 0. The highest BCUT2D eigenvalue weighted by molar-refractivity contribution is 9.10. The number of amides is 1. The van der Waals surface area contributed by atoms with Crippen molar-refractivity contribution in [2.24, 2.45) is 5.73 Å². The lowest BCUT2D eigenvalue weighted by Gasteiger charge is -2.03. The second-order valence-electron chi connectivity index (χ2n) is 2.21. The minimum atomic E-state index is -1.30. The first kappa shape index (κ1) is 10.4. The number of primary amides is 1. The lowest BCUT2D eigenvalue weighted by molar-refractivity contribution is 0.0995. The molecule has 1 amide bonds. The van der Waals surface area contributed by atoms with E-state index in [1.54, 1.807) is 0 Å². The van der Waals surface area contributed by atoms with Crippen molar-refractivity contribution < 1.29 is 13.6 Å². The molecule has 0 spiro atoms. The van der Waals surface area contributed by atoms with Crippen LogP contribution in [0.5, 0.6) is 0 Å². The molecule has 0 unspecified atom stereocenters. The minimum Gasteiger partial charge on any atom is -0.366 e. The molecule has 1 aromatic carbocycles. The van der Waals surface area contributed by atoms with E-state index in [-0.39, 0.29) is 9.50 Å². The molecule has 0 saturated heterocycles. The fourth-order valence-corrected chi connectivity index (χ4v) is 1.23. The summed E-state index contributed by atoms with van der Waals surface area (Å²) in [5.41, 5.74) is 4.22. The van der Waals surface area contributed by atoms with Crippen LogP contribution in [0.4, 0.5) is 8.78 Å². The van der Waals surface area contributed by atoms with Gasteiger partial charge < -0.3 is 5.73 Å². The van der Waals surface area contributed by atoms with E-state index < -0.39 is 23.1 Å². The number of carbonyl (C=O) groups is 1. The summed E-state index contributed by atoms with van der Waals surface area (Å²) in [5, 5.41) is -0.104. The largest absolute Gasteiger partial charge is 0.366 e. The highest BCUT2D eigenvalue weighted by Crippen LogP contribution is 2.29. The monoisotopic (exact) mass is 269 g/mol. The Hall–Kier alpha value is -0.680. The first-order valence-electron chi connectivity index (χ1n) is 3.08. The standard InChI is InChI=1S/C7H3BrClF2NO/c8-4-3(9)1-2(7(12)13)5(10)6(4)11/h1H,(H2,12,13). The van der Waals surface area contributed by atoms with E-state index in [9.17, 15) is 13.6 Å². The maximum Gasteiger partial charge on any atom is 0.251 e. The van der Waals surface area contributed by atoms with Gasteiger partial charge in [0.05, 0.1) is 15.1 Å². The molecule has 0 atom stereocenters. The number of nitrogens with two attached hydrogens (primary N) is 1. The number of rotatable bonds is 1. The molecular weight excluding hydrogens is 267 g/mol. The SMILES string of the molecule is NC(=O)c1cc(Cl)c(Br)c(F)c1F. The fourth-order valence-electron chi connectivity index (χ4n) is 0.752. The van der Waals surface area contributed by atoms with Gasteiger partial charge in [-0.25, -0.2) is 8.78 Å². The van der Waals surface area contributed by atoms with Crippen LogP contribution in [0.15, 0.2) is 10.5 Å². The first-order chi connectivity index (χ1) is 5.95. The number of hydrogen-bond donors (Lipinski definition) is 1. The lowest BCUT2D eigenvalue weighted by Crippen LogP contribution is -2.14. The maximum atomic E-state index is 12.9. The van der Waals surface area contributed by atoms with Gasteiger partial charge in [-0.05, 0) is 22.0 Å². The summed E-state index contributed by atoms with van der Waals surface area (Å²) in [7, 11) is 0. The molecule has 0 heterocycles. The van der Waals surface area contributed by atoms with Gasteiger partial charge in [-0.15, -0.1) is 0 Å². The molecular formula is C7H3BrClF2NO. The normalized spacial score (nSPS) is 10.2. The van der Waals surface area contributed by atoms with E-state index in [1.807, 2.05) is 0 Å². The van der Waals surface area contributed by atoms with E-state index in [0.29, 0.717) is 0 Å². The van der Waals surface area contributed by atoms with Crippen LogP contribution in [0.25, 0.3) is 0 Å². The van der Waals surface area contributed by atoms with Crippen LogP contribution in [-0.2, 0) is 0 Å². The van der Waals surface area contributed by atoms with Crippen molar-refractivity contribution in [3.05, 3.63) is 32.8 Å². The molecule has 6 heteroatoms. The Labute approximate surface area is 85.8 Å². The third kappa shape index (κ3) is 1.81. The average molecular weight is 270 g/mol. The number of benzene rings is 1. The van der Waals surface area contributed by atoms with Crippen molar-refractivity contribution in [1.82, 2.24) is 0 Å². The van der Waals surface area contributed by atoms with Gasteiger partial charge in [-0.1, -0.05) is 11.6 Å². The van der Waals surface area contributed by atoms with E-state index in [2.05, 4.69) is 15.9 Å². The maximum absolute atomic E-state index is 12.9. The Morgan fingerprint density at radius 3 is 2.46 bits per heavy atom. The molecule has 70 valence electrons. The Kier molecular flexibility index (Phi) is 2.87. The number of halogens is 4. The summed E-state index contributed by atoms with van der Waals surface area (Å²) >= 11 is 8.19. The highest BCUT2D eigenvalue weighted by atomic mass is 79.9. The number of carbonyl (C=O) groups excluding carboxylic acids is 1. The molecule has 2 N–H and O–H groups in total. The zero-order valence-corrected chi connectivity index (χ0v) is 8.42. The Balaban J connectivity index is 3.50. The summed E-state index contributed by atoms with van der Waals surface area (Å²) in [5.74, 6) is -3.59. The van der Waals surface area contributed by atoms with Crippen LogP contribution >= 0.6 is 27.5 Å². The minimum absolute atomic E-state index is 0.104. The summed E-state index contributed by atoms with van der Waals surface area (Å²) in [6.07, 6.45) is 0. The van der Waals surface area contributed by atoms with Gasteiger partial charge in [0.2, 0.25) is 0 Å². The predicted octanol–water partition coefficient (Wildman–Crippen LogP) is 2.48. The molecule has 0 aromatic heterocycles. The molecule has 0 bridgehead atoms. The second kappa shape index (κ2) is 3.59. The van der Waals surface area contributed by atoms with Crippen LogP contribution in [0.2, 0.25) is 5.02 Å². The molecule has 0 aliphatic heterocycles. The molecule has 13 heavy (non-hydrogen) atoms. The van der Waals surface area contributed by atoms with Gasteiger partial charge in [0.25, 0.3) is 5.91 Å². The molecule has 0 aliphatic rings. The molecule has 1 rings (SSSR count). The van der Waals surface area contributed by atoms with Crippen LogP contribution in [0, 0.1) is 11.6 Å². The van der Waals surface area contributed by atoms with Crippen LogP contribution < -0.4 is 5.73 Å². The van der Waals surface area contributed by atoms with Gasteiger partial charge in [-0.2, -0.15) is 0 Å². The van der Waals surface area contributed by atoms with E-state index in [1.165, 1.54) is 0 Å². The van der Waals surface area contributed by atoms with Gasteiger partial charge in [0.1, 0.15) is 0 Å². The van der Waals surface area contributed by atoms with Crippen LogP contribution in [-0.4, -0.2) is 5.91 Å². The van der Waals surface area contributed by atoms with Crippen molar-refractivity contribution in [2.75, 3.05) is 0 Å². The Morgan fingerprint density at radius 2 is 2.00 bits per heavy atom. The van der Waals surface area contributed by atoms with Crippen molar-refractivity contribution in [3.63, 3.8) is 0 Å². The quantitative estimate of drug-likeness (QED) is 0.618. The van der Waals surface area contributed by atoms with Crippen molar-refractivity contribution >= 4 is 33.4 Å². The molecule has 0 aliphatic carbocycles. The third-order valence-corrected chi connectivity index (χ3v) is 2.67. The Bertz CT molecular complexity index is 383. The topological polar surface area (TPSA) is 43.1 Å². The Morgan fingerprint density at radius 1 is 1.46 bits per heavy atom. The molecule has 1 aromatic rings. The predicted molar refractivity (Wildman–Crippen MR) is 47.6 cm³/mol. The van der Waals surface area contributed by atoms with E-state index in [0.717, 1.165) is 6.07 Å². The highest BCUT2D eigenvalue weighted by Gasteiger charge is 2.18. The summed E-state index contributed by atoms with van der Waals surface area (Å²) < 4.78 is 25.6. The molecule has 0 radical (unpaired) electrons. The van der Waals surface area contributed by atoms with Gasteiger partial charge in [-0.3, -0.25) is 4.79 Å². The lowest BCUT2D eigenvalue weighted by atomic mass is 10.2. The summed E-state index contributed by atoms with van der Waals surface area (Å²) in [6.45, 7) is 0. The van der Waals surface area contributed by atoms with Crippen molar-refractivity contribution in [2.45, 2.75) is 0 Å². The summed E-state index contributed by atoms with van der Waals surface area (Å²) in [4.78, 5) is 10.6. The zero-order chi connectivity index (χ0) is 10.2. The molecule has 0 fully saturated rings. The second-order valence-corrected chi connectivity index (χ2v) is 3.41. The van der Waals surface area contributed by atoms with Gasteiger partial charge in [0, 0.05) is 0 Å². The van der Waals surface area contributed by atoms with Crippen molar-refractivity contribution in [3.8, 4) is 0 Å².